The fourth-order valence-electron chi connectivity index (χ4n) is 5.43. The number of amides is 1. The van der Waals surface area contributed by atoms with Gasteiger partial charge in [-0.1, -0.05) is 11.6 Å². The zero-order valence-electron chi connectivity index (χ0n) is 22.2. The summed E-state index contributed by atoms with van der Waals surface area (Å²) in [5.74, 6) is 0. The van der Waals surface area contributed by atoms with E-state index in [0.29, 0.717) is 35.8 Å². The van der Waals surface area contributed by atoms with E-state index in [1.54, 1.807) is 35.1 Å². The summed E-state index contributed by atoms with van der Waals surface area (Å²) in [6.45, 7) is 7.17. The Morgan fingerprint density at radius 1 is 1.05 bits per heavy atom. The zero-order chi connectivity index (χ0) is 27.2. The second-order valence-corrected chi connectivity index (χ2v) is 11.5. The molecule has 0 aliphatic carbocycles. The summed E-state index contributed by atoms with van der Waals surface area (Å²) in [7, 11) is 1.77. The van der Waals surface area contributed by atoms with Crippen LogP contribution in [0, 0.1) is 0 Å². The van der Waals surface area contributed by atoms with E-state index >= 15 is 0 Å². The molecule has 0 N–H and O–H groups in total. The summed E-state index contributed by atoms with van der Waals surface area (Å²) in [6.07, 6.45) is 3.59. The van der Waals surface area contributed by atoms with Gasteiger partial charge in [-0.2, -0.15) is 5.10 Å². The molecule has 3 heterocycles. The van der Waals surface area contributed by atoms with Gasteiger partial charge < -0.3 is 14.5 Å². The van der Waals surface area contributed by atoms with Crippen LogP contribution in [0.15, 0.2) is 36.7 Å². The number of aromatic nitrogens is 2. The first kappa shape index (κ1) is 26.5. The summed E-state index contributed by atoms with van der Waals surface area (Å²) in [5, 5.41) is 4.78. The highest BCUT2D eigenvalue weighted by Gasteiger charge is 2.30. The molecule has 9 heteroatoms. The third-order valence-electron chi connectivity index (χ3n) is 7.07. The smallest absolute Gasteiger partial charge is 0.410 e. The van der Waals surface area contributed by atoms with Crippen molar-refractivity contribution in [2.75, 3.05) is 18.0 Å². The maximum atomic E-state index is 14.4. The number of carbonyl (C=O) groups excluding carboxylic acids is 1. The molecule has 5 rings (SSSR count). The van der Waals surface area contributed by atoms with Crippen molar-refractivity contribution in [2.45, 2.75) is 65.0 Å². The summed E-state index contributed by atoms with van der Waals surface area (Å²) in [4.78, 5) is 16.8. The minimum absolute atomic E-state index is 0.0212. The maximum Gasteiger partial charge on any atom is 0.410 e. The highest BCUT2D eigenvalue weighted by atomic mass is 35.5. The van der Waals surface area contributed by atoms with Crippen LogP contribution in [0.4, 0.5) is 25.0 Å². The molecule has 202 valence electrons. The van der Waals surface area contributed by atoms with E-state index in [2.05, 4.69) is 10.00 Å². The van der Waals surface area contributed by atoms with Gasteiger partial charge in [-0.3, -0.25) is 4.68 Å². The Balaban J connectivity index is 1.59. The lowest BCUT2D eigenvalue weighted by Crippen LogP contribution is -2.37. The van der Waals surface area contributed by atoms with Crippen LogP contribution >= 0.6 is 11.6 Å². The number of carbonyl (C=O) groups is 1. The standard InChI is InChI=1S/C29H33ClF2N4O2/c1-29(2,3)38-28(37)35-9-5-7-18-11-21(30)13-26(24(18)17-35)36-10-6-8-19-12-22(20-15-33-34(4)16-20)23(27(31)32)14-25(19)36/h11-16,27H,5-10,17H2,1-4H3. The number of anilines is 2. The first-order valence-corrected chi connectivity index (χ1v) is 13.4. The van der Waals surface area contributed by atoms with Crippen molar-refractivity contribution in [3.8, 4) is 11.1 Å². The Kier molecular flexibility index (Phi) is 7.11. The number of benzene rings is 2. The molecule has 0 saturated heterocycles. The number of halogens is 3. The van der Waals surface area contributed by atoms with Gasteiger partial charge in [0.25, 0.3) is 6.43 Å². The van der Waals surface area contributed by atoms with Gasteiger partial charge in [-0.15, -0.1) is 0 Å². The molecule has 2 aliphatic rings. The zero-order valence-corrected chi connectivity index (χ0v) is 23.0. The van der Waals surface area contributed by atoms with Crippen LogP contribution in [-0.2, 0) is 31.2 Å². The maximum absolute atomic E-state index is 14.4. The van der Waals surface area contributed by atoms with E-state index in [4.69, 9.17) is 16.3 Å². The third-order valence-corrected chi connectivity index (χ3v) is 7.29. The molecule has 3 aromatic rings. The predicted octanol–water partition coefficient (Wildman–Crippen LogP) is 7.45. The van der Waals surface area contributed by atoms with E-state index in [0.717, 1.165) is 53.7 Å². The van der Waals surface area contributed by atoms with Gasteiger partial charge >= 0.3 is 6.09 Å². The molecule has 38 heavy (non-hydrogen) atoms. The molecule has 0 fully saturated rings. The molecule has 0 radical (unpaired) electrons. The Bertz CT molecular complexity index is 1370. The van der Waals surface area contributed by atoms with Crippen molar-refractivity contribution in [1.82, 2.24) is 14.7 Å². The van der Waals surface area contributed by atoms with Crippen LogP contribution < -0.4 is 4.90 Å². The van der Waals surface area contributed by atoms with Crippen molar-refractivity contribution < 1.29 is 18.3 Å². The molecule has 0 bridgehead atoms. The largest absolute Gasteiger partial charge is 0.444 e. The normalized spacial score (nSPS) is 15.8. The second-order valence-electron chi connectivity index (χ2n) is 11.1. The van der Waals surface area contributed by atoms with Crippen molar-refractivity contribution in [3.63, 3.8) is 0 Å². The molecule has 0 spiro atoms. The second kappa shape index (κ2) is 10.2. The summed E-state index contributed by atoms with van der Waals surface area (Å²) < 4.78 is 36.0. The average molecular weight is 543 g/mol. The predicted molar refractivity (Wildman–Crippen MR) is 145 cm³/mol. The molecule has 1 aromatic heterocycles. The first-order chi connectivity index (χ1) is 18.0. The molecular weight excluding hydrogens is 510 g/mol. The summed E-state index contributed by atoms with van der Waals surface area (Å²) in [5.41, 5.74) is 5.25. The van der Waals surface area contributed by atoms with E-state index in [1.165, 1.54) is 0 Å². The van der Waals surface area contributed by atoms with Crippen LogP contribution in [0.2, 0.25) is 5.02 Å². The SMILES string of the molecule is Cn1cc(-c2cc3c(cc2C(F)F)N(c2cc(Cl)cc4c2CN(C(=O)OC(C)(C)C)CCC4)CCC3)cn1. The van der Waals surface area contributed by atoms with Gasteiger partial charge in [0.1, 0.15) is 5.60 Å². The third kappa shape index (κ3) is 5.37. The molecule has 1 amide bonds. The fourth-order valence-corrected chi connectivity index (χ4v) is 5.66. The van der Waals surface area contributed by atoms with Gasteiger partial charge in [0.15, 0.2) is 0 Å². The van der Waals surface area contributed by atoms with Crippen LogP contribution in [0.5, 0.6) is 0 Å². The number of alkyl halides is 2. The highest BCUT2D eigenvalue weighted by Crippen LogP contribution is 2.44. The Morgan fingerprint density at radius 3 is 2.47 bits per heavy atom. The molecular formula is C29H33ClF2N4O2. The van der Waals surface area contributed by atoms with Gasteiger partial charge in [0.2, 0.25) is 0 Å². The molecule has 0 atom stereocenters. The molecule has 0 unspecified atom stereocenters. The lowest BCUT2D eigenvalue weighted by Gasteiger charge is -2.35. The Morgan fingerprint density at radius 2 is 1.79 bits per heavy atom. The monoisotopic (exact) mass is 542 g/mol. The van der Waals surface area contributed by atoms with E-state index < -0.39 is 12.0 Å². The molecule has 2 aromatic carbocycles. The topological polar surface area (TPSA) is 50.6 Å². The number of fused-ring (bicyclic) bond motifs is 2. The molecule has 2 aliphatic heterocycles. The quantitative estimate of drug-likeness (QED) is 0.345. The van der Waals surface area contributed by atoms with E-state index in [9.17, 15) is 13.6 Å². The number of hydrogen-bond donors (Lipinski definition) is 0. The number of ether oxygens (including phenoxy) is 1. The van der Waals surface area contributed by atoms with Crippen LogP contribution in [-0.4, -0.2) is 39.5 Å². The lowest BCUT2D eigenvalue weighted by atomic mass is 9.92. The minimum atomic E-state index is -2.64. The van der Waals surface area contributed by atoms with Gasteiger partial charge in [0.05, 0.1) is 12.7 Å². The molecule has 0 saturated carbocycles. The lowest BCUT2D eigenvalue weighted by molar-refractivity contribution is 0.0237. The van der Waals surface area contributed by atoms with Crippen molar-refractivity contribution in [3.05, 3.63) is 63.9 Å². The van der Waals surface area contributed by atoms with Crippen molar-refractivity contribution >= 4 is 29.1 Å². The number of nitrogens with zero attached hydrogens (tertiary/aromatic N) is 4. The average Bonchev–Trinajstić information content (AvgIpc) is 3.16. The number of hydrogen-bond acceptors (Lipinski definition) is 4. The van der Waals surface area contributed by atoms with Gasteiger partial charge in [-0.25, -0.2) is 13.6 Å². The molecule has 6 nitrogen and oxygen atoms in total. The van der Waals surface area contributed by atoms with Gasteiger partial charge in [-0.05, 0) is 93.0 Å². The van der Waals surface area contributed by atoms with E-state index in [1.807, 2.05) is 39.0 Å². The Hall–Kier alpha value is -3.13. The number of aryl methyl sites for hydroxylation is 3. The van der Waals surface area contributed by atoms with Crippen molar-refractivity contribution in [1.29, 1.82) is 0 Å². The number of rotatable bonds is 3. The summed E-state index contributed by atoms with van der Waals surface area (Å²) in [6, 6.07) is 7.36. The minimum Gasteiger partial charge on any atom is -0.444 e. The highest BCUT2D eigenvalue weighted by molar-refractivity contribution is 6.31. The van der Waals surface area contributed by atoms with Gasteiger partial charge in [0, 0.05) is 53.9 Å². The van der Waals surface area contributed by atoms with Crippen LogP contribution in [0.3, 0.4) is 0 Å². The first-order valence-electron chi connectivity index (χ1n) is 13.0. The Labute approximate surface area is 227 Å². The van der Waals surface area contributed by atoms with Crippen LogP contribution in [0.1, 0.15) is 62.3 Å². The van der Waals surface area contributed by atoms with Crippen molar-refractivity contribution in [2.24, 2.45) is 7.05 Å². The van der Waals surface area contributed by atoms with E-state index in [-0.39, 0.29) is 11.7 Å². The fraction of sp³-hybridized carbons (Fsp3) is 0.448. The van der Waals surface area contributed by atoms with Crippen LogP contribution in [0.25, 0.3) is 11.1 Å². The summed E-state index contributed by atoms with van der Waals surface area (Å²) >= 11 is 6.60.